The van der Waals surface area contributed by atoms with Gasteiger partial charge < -0.3 is 10.1 Å². The molecule has 1 unspecified atom stereocenters. The van der Waals surface area contributed by atoms with Gasteiger partial charge in [-0.3, -0.25) is 4.79 Å². The number of rotatable bonds is 5. The summed E-state index contributed by atoms with van der Waals surface area (Å²) in [5.41, 5.74) is 3.04. The second-order valence-electron chi connectivity index (χ2n) is 5.38. The maximum absolute atomic E-state index is 11.1. The van der Waals surface area contributed by atoms with Gasteiger partial charge in [0, 0.05) is 12.3 Å². The maximum Gasteiger partial charge on any atom is 0.303 e. The third-order valence-electron chi connectivity index (χ3n) is 3.79. The minimum Gasteiger partial charge on any atom is -0.481 e. The topological polar surface area (TPSA) is 66.0 Å². The number of aromatic nitrogens is 2. The van der Waals surface area contributed by atoms with Crippen LogP contribution in [-0.2, 0) is 11.2 Å². The summed E-state index contributed by atoms with van der Waals surface area (Å²) in [6.45, 7) is 0. The Kier molecular flexibility index (Phi) is 3.86. The number of imidazole rings is 1. The molecule has 1 aliphatic carbocycles. The quantitative estimate of drug-likeness (QED) is 0.882. The molecule has 0 saturated carbocycles. The molecule has 0 radical (unpaired) electrons. The van der Waals surface area contributed by atoms with E-state index in [0.717, 1.165) is 35.3 Å². The van der Waals surface area contributed by atoms with Crippen LogP contribution in [0.15, 0.2) is 48.1 Å². The molecule has 3 rings (SSSR count). The molecular weight excluding hydrogens is 264 g/mol. The van der Waals surface area contributed by atoms with Crippen molar-refractivity contribution in [2.75, 3.05) is 0 Å². The van der Waals surface area contributed by atoms with E-state index >= 15 is 0 Å². The molecule has 1 atom stereocenters. The van der Waals surface area contributed by atoms with Gasteiger partial charge in [0.25, 0.3) is 0 Å². The summed E-state index contributed by atoms with van der Waals surface area (Å²) < 4.78 is 0. The molecule has 108 valence electrons. The number of nitrogens with zero attached hydrogens (tertiary/aromatic N) is 1. The van der Waals surface area contributed by atoms with Gasteiger partial charge in [0.15, 0.2) is 0 Å². The smallest absolute Gasteiger partial charge is 0.303 e. The average molecular weight is 282 g/mol. The predicted molar refractivity (Wildman–Crippen MR) is 82.0 cm³/mol. The van der Waals surface area contributed by atoms with Gasteiger partial charge in [-0.05, 0) is 30.5 Å². The van der Waals surface area contributed by atoms with Crippen molar-refractivity contribution in [2.45, 2.75) is 25.7 Å². The van der Waals surface area contributed by atoms with E-state index in [-0.39, 0.29) is 12.3 Å². The van der Waals surface area contributed by atoms with Crippen molar-refractivity contribution < 1.29 is 9.90 Å². The van der Waals surface area contributed by atoms with Crippen LogP contribution in [0.2, 0.25) is 0 Å². The van der Waals surface area contributed by atoms with Crippen molar-refractivity contribution in [3.63, 3.8) is 0 Å². The van der Waals surface area contributed by atoms with Crippen LogP contribution in [0.1, 0.15) is 25.1 Å². The highest BCUT2D eigenvalue weighted by molar-refractivity contribution is 5.74. The summed E-state index contributed by atoms with van der Waals surface area (Å²) in [4.78, 5) is 19.0. The number of nitrogens with one attached hydrogen (secondary N) is 1. The molecular formula is C17H18N2O2. The molecule has 0 fully saturated rings. The molecule has 1 aromatic carbocycles. The number of H-pyrrole nitrogens is 1. The lowest BCUT2D eigenvalue weighted by Crippen LogP contribution is -2.14. The molecule has 4 nitrogen and oxygen atoms in total. The summed E-state index contributed by atoms with van der Waals surface area (Å²) in [5, 5.41) is 9.15. The lowest BCUT2D eigenvalue weighted by atomic mass is 9.88. The van der Waals surface area contributed by atoms with Crippen LogP contribution in [0.3, 0.4) is 0 Å². The van der Waals surface area contributed by atoms with Crippen LogP contribution >= 0.6 is 0 Å². The van der Waals surface area contributed by atoms with Crippen molar-refractivity contribution in [3.8, 4) is 0 Å². The van der Waals surface area contributed by atoms with E-state index in [9.17, 15) is 4.79 Å². The fourth-order valence-electron chi connectivity index (χ4n) is 2.79. The minimum atomic E-state index is -0.768. The third kappa shape index (κ3) is 3.21. The molecule has 21 heavy (non-hydrogen) atoms. The molecule has 1 heterocycles. The van der Waals surface area contributed by atoms with Crippen LogP contribution in [0.5, 0.6) is 0 Å². The first kappa shape index (κ1) is 13.6. The highest BCUT2D eigenvalue weighted by Gasteiger charge is 2.19. The van der Waals surface area contributed by atoms with Gasteiger partial charge in [0.2, 0.25) is 0 Å². The van der Waals surface area contributed by atoms with E-state index in [4.69, 9.17) is 5.11 Å². The molecule has 0 bridgehead atoms. The summed E-state index contributed by atoms with van der Waals surface area (Å²) in [7, 11) is 0. The number of benzene rings is 1. The van der Waals surface area contributed by atoms with Crippen molar-refractivity contribution in [3.05, 3.63) is 53.9 Å². The van der Waals surface area contributed by atoms with Crippen molar-refractivity contribution >= 4 is 17.0 Å². The zero-order chi connectivity index (χ0) is 14.7. The Hall–Kier alpha value is -2.36. The van der Waals surface area contributed by atoms with Crippen LogP contribution in [0.25, 0.3) is 11.0 Å². The van der Waals surface area contributed by atoms with Crippen molar-refractivity contribution in [1.29, 1.82) is 0 Å². The van der Waals surface area contributed by atoms with Gasteiger partial charge >= 0.3 is 5.97 Å². The Bertz CT molecular complexity index is 679. The van der Waals surface area contributed by atoms with E-state index in [1.165, 1.54) is 0 Å². The van der Waals surface area contributed by atoms with E-state index in [2.05, 4.69) is 28.2 Å². The highest BCUT2D eigenvalue weighted by atomic mass is 16.4. The normalized spacial score (nSPS) is 15.9. The number of hydrogen-bond donors (Lipinski definition) is 2. The molecule has 0 amide bonds. The highest BCUT2D eigenvalue weighted by Crippen LogP contribution is 2.25. The first-order valence-corrected chi connectivity index (χ1v) is 7.24. The maximum atomic E-state index is 11.1. The number of carboxylic acid groups (broad SMARTS) is 1. The standard InChI is InChI=1S/C17H18N2O2/c20-17(21)11-13(12-6-2-1-3-7-12)10-16-18-14-8-4-5-9-15(14)19-16/h2,4-9,13H,1,3,10-11H2,(H,18,19)(H,20,21). The molecule has 2 aromatic rings. The van der Waals surface area contributed by atoms with Gasteiger partial charge in [-0.25, -0.2) is 4.98 Å². The van der Waals surface area contributed by atoms with Crippen LogP contribution < -0.4 is 0 Å². The Labute approximate surface area is 123 Å². The number of allylic oxidation sites excluding steroid dienone is 4. The van der Waals surface area contributed by atoms with E-state index in [0.29, 0.717) is 6.42 Å². The number of aromatic amines is 1. The Balaban J connectivity index is 1.84. The number of para-hydroxylation sites is 2. The van der Waals surface area contributed by atoms with Gasteiger partial charge in [-0.1, -0.05) is 30.4 Å². The lowest BCUT2D eigenvalue weighted by Gasteiger charge is -2.17. The number of hydrogen-bond acceptors (Lipinski definition) is 2. The fourth-order valence-corrected chi connectivity index (χ4v) is 2.79. The molecule has 1 aliphatic rings. The predicted octanol–water partition coefficient (Wildman–Crippen LogP) is 3.47. The van der Waals surface area contributed by atoms with Gasteiger partial charge in [-0.2, -0.15) is 0 Å². The minimum absolute atomic E-state index is 0.0281. The molecule has 1 aromatic heterocycles. The first-order valence-electron chi connectivity index (χ1n) is 7.24. The van der Waals surface area contributed by atoms with Crippen LogP contribution in [-0.4, -0.2) is 21.0 Å². The van der Waals surface area contributed by atoms with E-state index in [1.807, 2.05) is 24.3 Å². The fraction of sp³-hybridized carbons (Fsp3) is 0.294. The van der Waals surface area contributed by atoms with Gasteiger partial charge in [0.05, 0.1) is 17.5 Å². The van der Waals surface area contributed by atoms with Crippen molar-refractivity contribution in [2.24, 2.45) is 5.92 Å². The van der Waals surface area contributed by atoms with E-state index < -0.39 is 5.97 Å². The van der Waals surface area contributed by atoms with Gasteiger partial charge in [0.1, 0.15) is 5.82 Å². The summed E-state index contributed by atoms with van der Waals surface area (Å²) in [6.07, 6.45) is 9.10. The summed E-state index contributed by atoms with van der Waals surface area (Å²) in [5.74, 6) is 0.0536. The van der Waals surface area contributed by atoms with Gasteiger partial charge in [-0.15, -0.1) is 0 Å². The molecule has 0 aliphatic heterocycles. The lowest BCUT2D eigenvalue weighted by molar-refractivity contribution is -0.137. The molecule has 0 spiro atoms. The Morgan fingerprint density at radius 1 is 1.33 bits per heavy atom. The Morgan fingerprint density at radius 2 is 2.19 bits per heavy atom. The summed E-state index contributed by atoms with van der Waals surface area (Å²) >= 11 is 0. The SMILES string of the molecule is O=C(O)CC(Cc1nc2ccccc2[nH]1)C1=CCCC=C1. The second-order valence-corrected chi connectivity index (χ2v) is 5.38. The van der Waals surface area contributed by atoms with Crippen LogP contribution in [0.4, 0.5) is 0 Å². The average Bonchev–Trinajstić information content (AvgIpc) is 2.89. The Morgan fingerprint density at radius 3 is 2.90 bits per heavy atom. The molecule has 4 heteroatoms. The van der Waals surface area contributed by atoms with E-state index in [1.54, 1.807) is 0 Å². The largest absolute Gasteiger partial charge is 0.481 e. The van der Waals surface area contributed by atoms with Crippen LogP contribution in [0, 0.1) is 5.92 Å². The zero-order valence-electron chi connectivity index (χ0n) is 11.7. The number of carboxylic acids is 1. The second kappa shape index (κ2) is 5.95. The summed E-state index contributed by atoms with van der Waals surface area (Å²) in [6, 6.07) is 7.86. The zero-order valence-corrected chi connectivity index (χ0v) is 11.7. The number of fused-ring (bicyclic) bond motifs is 1. The molecule has 2 N–H and O–H groups in total. The number of aliphatic carboxylic acids is 1. The monoisotopic (exact) mass is 282 g/mol. The van der Waals surface area contributed by atoms with Crippen molar-refractivity contribution in [1.82, 2.24) is 9.97 Å². The third-order valence-corrected chi connectivity index (χ3v) is 3.79. The first-order chi connectivity index (χ1) is 10.2. The molecule has 0 saturated heterocycles. The number of carbonyl (C=O) groups is 1.